The van der Waals surface area contributed by atoms with Crippen molar-refractivity contribution in [2.24, 2.45) is 0 Å². The first kappa shape index (κ1) is 15.8. The number of hydrogen-bond acceptors (Lipinski definition) is 5. The van der Waals surface area contributed by atoms with Gasteiger partial charge < -0.3 is 10.2 Å². The van der Waals surface area contributed by atoms with E-state index in [0.29, 0.717) is 16.7 Å². The van der Waals surface area contributed by atoms with Crippen molar-refractivity contribution in [1.29, 1.82) is 0 Å². The Hall–Kier alpha value is -2.66. The quantitative estimate of drug-likeness (QED) is 0.741. The zero-order valence-corrected chi connectivity index (χ0v) is 14.8. The maximum atomic E-state index is 5.88. The Labute approximate surface area is 151 Å². The normalized spacial score (nSPS) is 15.1. The maximum absolute atomic E-state index is 5.88. The Morgan fingerprint density at radius 2 is 1.88 bits per heavy atom. The molecule has 0 saturated carbocycles. The lowest BCUT2D eigenvalue weighted by atomic mass is 9.87. The molecule has 1 aromatic carbocycles. The van der Waals surface area contributed by atoms with Crippen LogP contribution in [-0.2, 0) is 5.41 Å². The Balaban J connectivity index is 1.65. The van der Waals surface area contributed by atoms with Crippen LogP contribution in [0.4, 0.5) is 23.1 Å². The zero-order valence-electron chi connectivity index (χ0n) is 14.1. The molecule has 0 spiro atoms. The molecule has 1 N–H and O–H groups in total. The zero-order chi connectivity index (χ0) is 17.4. The Morgan fingerprint density at radius 3 is 2.68 bits per heavy atom. The molecule has 25 heavy (non-hydrogen) atoms. The van der Waals surface area contributed by atoms with Gasteiger partial charge in [0.1, 0.15) is 23.8 Å². The van der Waals surface area contributed by atoms with E-state index in [1.54, 1.807) is 18.6 Å². The molecule has 3 heterocycles. The molecule has 0 unspecified atom stereocenters. The topological polar surface area (TPSA) is 53.9 Å². The summed E-state index contributed by atoms with van der Waals surface area (Å²) < 4.78 is 0. The van der Waals surface area contributed by atoms with Crippen molar-refractivity contribution in [1.82, 2.24) is 15.0 Å². The number of anilines is 4. The molecule has 5 nitrogen and oxygen atoms in total. The third-order valence-electron chi connectivity index (χ3n) is 4.39. The number of nitrogens with one attached hydrogen (secondary N) is 1. The highest BCUT2D eigenvalue weighted by molar-refractivity contribution is 6.30. The van der Waals surface area contributed by atoms with Crippen molar-refractivity contribution in [3.8, 4) is 0 Å². The molecule has 0 atom stereocenters. The van der Waals surface area contributed by atoms with Crippen molar-refractivity contribution in [2.45, 2.75) is 19.3 Å². The van der Waals surface area contributed by atoms with Gasteiger partial charge in [0.2, 0.25) is 0 Å². The highest BCUT2D eigenvalue weighted by Crippen LogP contribution is 2.43. The lowest BCUT2D eigenvalue weighted by Gasteiger charge is -2.21. The third-order valence-corrected chi connectivity index (χ3v) is 4.61. The predicted octanol–water partition coefficient (Wildman–Crippen LogP) is 4.70. The summed E-state index contributed by atoms with van der Waals surface area (Å²) in [6, 6.07) is 14.0. The standard InChI is InChI=1S/C19H18ClN5/c1-19(2)11-25(15-6-4-3-5-14(15)19)18-9-17(22-12-23-18)24-16-8-7-13(20)10-21-16/h3-10,12H,11H2,1-2H3,(H,21,22,23,24). The van der Waals surface area contributed by atoms with Crippen LogP contribution < -0.4 is 10.2 Å². The van der Waals surface area contributed by atoms with E-state index >= 15 is 0 Å². The van der Waals surface area contributed by atoms with E-state index in [-0.39, 0.29) is 5.41 Å². The van der Waals surface area contributed by atoms with E-state index < -0.39 is 0 Å². The largest absolute Gasteiger partial charge is 0.325 e. The van der Waals surface area contributed by atoms with Gasteiger partial charge in [0.25, 0.3) is 0 Å². The van der Waals surface area contributed by atoms with Crippen molar-refractivity contribution >= 4 is 34.7 Å². The van der Waals surface area contributed by atoms with Gasteiger partial charge in [0.05, 0.1) is 5.02 Å². The average molecular weight is 352 g/mol. The summed E-state index contributed by atoms with van der Waals surface area (Å²) in [5.74, 6) is 2.25. The van der Waals surface area contributed by atoms with Gasteiger partial charge in [-0.25, -0.2) is 15.0 Å². The van der Waals surface area contributed by atoms with E-state index in [9.17, 15) is 0 Å². The first-order valence-electron chi connectivity index (χ1n) is 8.11. The first-order valence-corrected chi connectivity index (χ1v) is 8.48. The number of benzene rings is 1. The first-order chi connectivity index (χ1) is 12.0. The molecular weight excluding hydrogens is 334 g/mol. The van der Waals surface area contributed by atoms with E-state index in [1.165, 1.54) is 11.3 Å². The van der Waals surface area contributed by atoms with Crippen LogP contribution in [0.1, 0.15) is 19.4 Å². The van der Waals surface area contributed by atoms with Gasteiger partial charge in [0.15, 0.2) is 0 Å². The van der Waals surface area contributed by atoms with Crippen LogP contribution in [-0.4, -0.2) is 21.5 Å². The Bertz CT molecular complexity index is 908. The number of pyridine rings is 1. The van der Waals surface area contributed by atoms with Gasteiger partial charge in [0, 0.05) is 29.9 Å². The van der Waals surface area contributed by atoms with Crippen LogP contribution in [0.2, 0.25) is 5.02 Å². The summed E-state index contributed by atoms with van der Waals surface area (Å²) in [5, 5.41) is 3.79. The molecule has 0 aliphatic carbocycles. The summed E-state index contributed by atoms with van der Waals surface area (Å²) in [6.45, 7) is 5.38. The second-order valence-corrected chi connectivity index (χ2v) is 7.17. The van der Waals surface area contributed by atoms with E-state index in [4.69, 9.17) is 11.6 Å². The van der Waals surface area contributed by atoms with Crippen molar-refractivity contribution < 1.29 is 0 Å². The van der Waals surface area contributed by atoms with E-state index in [1.807, 2.05) is 12.1 Å². The fourth-order valence-electron chi connectivity index (χ4n) is 3.20. The van der Waals surface area contributed by atoms with Gasteiger partial charge >= 0.3 is 0 Å². The lowest BCUT2D eigenvalue weighted by Crippen LogP contribution is -2.25. The van der Waals surface area contributed by atoms with Crippen LogP contribution in [0, 0.1) is 0 Å². The Morgan fingerprint density at radius 1 is 1.04 bits per heavy atom. The summed E-state index contributed by atoms with van der Waals surface area (Å²) in [4.78, 5) is 15.3. The van der Waals surface area contributed by atoms with Crippen LogP contribution in [0.3, 0.4) is 0 Å². The molecule has 0 bridgehead atoms. The monoisotopic (exact) mass is 351 g/mol. The predicted molar refractivity (Wildman–Crippen MR) is 101 cm³/mol. The van der Waals surface area contributed by atoms with Gasteiger partial charge in [-0.05, 0) is 23.8 Å². The smallest absolute Gasteiger partial charge is 0.138 e. The molecule has 0 amide bonds. The fourth-order valence-corrected chi connectivity index (χ4v) is 3.31. The van der Waals surface area contributed by atoms with Gasteiger partial charge in [-0.15, -0.1) is 0 Å². The molecule has 6 heteroatoms. The van der Waals surface area contributed by atoms with E-state index in [0.717, 1.165) is 12.4 Å². The van der Waals surface area contributed by atoms with Crippen LogP contribution >= 0.6 is 11.6 Å². The molecule has 4 rings (SSSR count). The fraction of sp³-hybridized carbons (Fsp3) is 0.211. The molecule has 0 saturated heterocycles. The minimum Gasteiger partial charge on any atom is -0.325 e. The summed E-state index contributed by atoms with van der Waals surface area (Å²) >= 11 is 5.88. The average Bonchev–Trinajstić information content (AvgIpc) is 2.89. The van der Waals surface area contributed by atoms with Gasteiger partial charge in [-0.1, -0.05) is 43.6 Å². The molecule has 3 aromatic rings. The van der Waals surface area contributed by atoms with Gasteiger partial charge in [-0.2, -0.15) is 0 Å². The molecule has 1 aliphatic rings. The van der Waals surface area contributed by atoms with Crippen molar-refractivity contribution in [3.05, 3.63) is 65.6 Å². The number of aromatic nitrogens is 3. The van der Waals surface area contributed by atoms with Crippen LogP contribution in [0.25, 0.3) is 0 Å². The Kier molecular flexibility index (Phi) is 3.81. The second kappa shape index (κ2) is 6.01. The number of halogens is 1. The molecular formula is C19H18ClN5. The van der Waals surface area contributed by atoms with E-state index in [2.05, 4.69) is 63.3 Å². The number of rotatable bonds is 3. The summed E-state index contributed by atoms with van der Waals surface area (Å²) in [7, 11) is 0. The summed E-state index contributed by atoms with van der Waals surface area (Å²) in [5.41, 5.74) is 2.61. The molecule has 0 fully saturated rings. The molecule has 0 radical (unpaired) electrons. The minimum absolute atomic E-state index is 0.0763. The van der Waals surface area contributed by atoms with Crippen molar-refractivity contribution in [3.63, 3.8) is 0 Å². The second-order valence-electron chi connectivity index (χ2n) is 6.74. The number of para-hydroxylation sites is 1. The third kappa shape index (κ3) is 3.03. The number of hydrogen-bond donors (Lipinski definition) is 1. The number of fused-ring (bicyclic) bond motifs is 1. The SMILES string of the molecule is CC1(C)CN(c2cc(Nc3ccc(Cl)cn3)ncn2)c2ccccc21. The maximum Gasteiger partial charge on any atom is 0.138 e. The molecule has 126 valence electrons. The molecule has 2 aromatic heterocycles. The number of nitrogens with zero attached hydrogens (tertiary/aromatic N) is 4. The highest BCUT2D eigenvalue weighted by Gasteiger charge is 2.35. The highest BCUT2D eigenvalue weighted by atomic mass is 35.5. The van der Waals surface area contributed by atoms with Crippen LogP contribution in [0.5, 0.6) is 0 Å². The minimum atomic E-state index is 0.0763. The van der Waals surface area contributed by atoms with Crippen molar-refractivity contribution in [2.75, 3.05) is 16.8 Å². The van der Waals surface area contributed by atoms with Gasteiger partial charge in [-0.3, -0.25) is 0 Å². The molecule has 1 aliphatic heterocycles. The lowest BCUT2D eigenvalue weighted by molar-refractivity contribution is 0.568. The summed E-state index contributed by atoms with van der Waals surface area (Å²) in [6.07, 6.45) is 3.17. The van der Waals surface area contributed by atoms with Crippen LogP contribution in [0.15, 0.2) is 55.0 Å².